The summed E-state index contributed by atoms with van der Waals surface area (Å²) >= 11 is 0. The molecular formula is C28H43O3P. The maximum atomic E-state index is 14.9. The van der Waals surface area contributed by atoms with E-state index in [1.807, 2.05) is 18.2 Å². The first-order valence-electron chi connectivity index (χ1n) is 12.8. The van der Waals surface area contributed by atoms with Crippen molar-refractivity contribution in [1.29, 1.82) is 0 Å². The van der Waals surface area contributed by atoms with Crippen molar-refractivity contribution in [2.45, 2.75) is 80.1 Å². The Balaban J connectivity index is 2.08. The smallest absolute Gasteiger partial charge is 0.239 e. The highest BCUT2D eigenvalue weighted by molar-refractivity contribution is 8.00. The van der Waals surface area contributed by atoms with Crippen molar-refractivity contribution in [2.24, 2.45) is 47.3 Å². The number of rotatable bonds is 7. The van der Waals surface area contributed by atoms with Crippen LogP contribution in [0, 0.1) is 47.3 Å². The summed E-state index contributed by atoms with van der Waals surface area (Å²) in [5.41, 5.74) is -0.501. The molecule has 0 heterocycles. The second-order valence-corrected chi connectivity index (χ2v) is 14.1. The van der Waals surface area contributed by atoms with Crippen LogP contribution < -0.4 is 5.30 Å². The van der Waals surface area contributed by atoms with Gasteiger partial charge in [0.05, 0.1) is 0 Å². The number of benzene rings is 1. The summed E-state index contributed by atoms with van der Waals surface area (Å²) in [5.74, 6) is 1.37. The molecule has 3 nitrogen and oxygen atoms in total. The van der Waals surface area contributed by atoms with E-state index in [-0.39, 0.29) is 34.7 Å². The topological polar surface area (TPSA) is 51.2 Å². The molecule has 1 aromatic carbocycles. The average molecular weight is 459 g/mol. The van der Waals surface area contributed by atoms with Gasteiger partial charge in [0.25, 0.3) is 0 Å². The van der Waals surface area contributed by atoms with Gasteiger partial charge in [-0.2, -0.15) is 0 Å². The maximum Gasteiger partial charge on any atom is 0.239 e. The molecule has 2 aliphatic rings. The summed E-state index contributed by atoms with van der Waals surface area (Å²) < 4.78 is 14.9. The number of carbonyl (C=O) groups is 2. The van der Waals surface area contributed by atoms with Crippen LogP contribution in [0.25, 0.3) is 0 Å². The lowest BCUT2D eigenvalue weighted by molar-refractivity contribution is -0.122. The summed E-state index contributed by atoms with van der Waals surface area (Å²) in [4.78, 5) is 28.5. The zero-order valence-electron chi connectivity index (χ0n) is 20.9. The Morgan fingerprint density at radius 3 is 1.53 bits per heavy atom. The van der Waals surface area contributed by atoms with E-state index >= 15 is 0 Å². The molecule has 0 aliphatic heterocycles. The molecule has 0 amide bonds. The molecule has 1 aromatic rings. The molecule has 178 valence electrons. The summed E-state index contributed by atoms with van der Waals surface area (Å²) in [6.07, 6.45) is 5.67. The van der Waals surface area contributed by atoms with Gasteiger partial charge in [-0.1, -0.05) is 84.7 Å². The molecule has 2 fully saturated rings. The molecule has 4 heteroatoms. The van der Waals surface area contributed by atoms with Crippen molar-refractivity contribution in [3.05, 3.63) is 30.3 Å². The molecule has 6 atom stereocenters. The Bertz CT molecular complexity index is 795. The van der Waals surface area contributed by atoms with Gasteiger partial charge >= 0.3 is 0 Å². The van der Waals surface area contributed by atoms with E-state index in [4.69, 9.17) is 0 Å². The van der Waals surface area contributed by atoms with E-state index in [2.05, 4.69) is 41.5 Å². The predicted molar refractivity (Wildman–Crippen MR) is 133 cm³/mol. The highest BCUT2D eigenvalue weighted by Gasteiger charge is 2.52. The molecule has 6 unspecified atom stereocenters. The normalized spacial score (nSPS) is 33.1. The van der Waals surface area contributed by atoms with E-state index in [1.165, 1.54) is 0 Å². The minimum atomic E-state index is -3.88. The molecule has 0 N–H and O–H groups in total. The van der Waals surface area contributed by atoms with Crippen molar-refractivity contribution in [3.8, 4) is 0 Å². The van der Waals surface area contributed by atoms with Crippen molar-refractivity contribution < 1.29 is 14.2 Å². The third kappa shape index (κ3) is 4.98. The zero-order chi connectivity index (χ0) is 23.6. The Labute approximate surface area is 195 Å². The van der Waals surface area contributed by atoms with Crippen LogP contribution in [0.15, 0.2) is 30.3 Å². The second kappa shape index (κ2) is 10.4. The lowest BCUT2D eigenvalue weighted by atomic mass is 9.70. The van der Waals surface area contributed by atoms with Gasteiger partial charge in [-0.3, -0.25) is 9.59 Å². The SMILES string of the molecule is CC1CCC(C(C)C)C(C(=O)P(=O)(C(=O)C2CC(C)CCC2C(C)C)c2ccccc2)C1. The Kier molecular flexibility index (Phi) is 8.24. The van der Waals surface area contributed by atoms with Gasteiger partial charge in [0.2, 0.25) is 18.2 Å². The van der Waals surface area contributed by atoms with Crippen LogP contribution in [0.5, 0.6) is 0 Å². The Hall–Kier alpha value is -1.21. The number of hydrogen-bond donors (Lipinski definition) is 0. The van der Waals surface area contributed by atoms with Crippen LogP contribution in [0.2, 0.25) is 0 Å². The Morgan fingerprint density at radius 2 is 1.16 bits per heavy atom. The molecule has 0 bridgehead atoms. The average Bonchev–Trinajstić information content (AvgIpc) is 2.77. The largest absolute Gasteiger partial charge is 0.303 e. The minimum Gasteiger partial charge on any atom is -0.303 e. The van der Waals surface area contributed by atoms with Gasteiger partial charge in [-0.15, -0.1) is 0 Å². The molecule has 0 radical (unpaired) electrons. The summed E-state index contributed by atoms with van der Waals surface area (Å²) in [5, 5.41) is 0.455. The van der Waals surface area contributed by atoms with Crippen molar-refractivity contribution in [2.75, 3.05) is 0 Å². The van der Waals surface area contributed by atoms with Crippen molar-refractivity contribution in [3.63, 3.8) is 0 Å². The molecule has 0 aromatic heterocycles. The van der Waals surface area contributed by atoms with E-state index in [0.29, 0.717) is 29.0 Å². The van der Waals surface area contributed by atoms with Crippen LogP contribution in [-0.2, 0) is 14.2 Å². The van der Waals surface area contributed by atoms with E-state index < -0.39 is 7.14 Å². The lowest BCUT2D eigenvalue weighted by Crippen LogP contribution is -2.40. The van der Waals surface area contributed by atoms with E-state index in [1.54, 1.807) is 12.1 Å². The fourth-order valence-electron chi connectivity index (χ4n) is 6.44. The maximum absolute atomic E-state index is 14.9. The first kappa shape index (κ1) is 25.4. The van der Waals surface area contributed by atoms with Gasteiger partial charge < -0.3 is 4.57 Å². The molecule has 0 spiro atoms. The minimum absolute atomic E-state index is 0.203. The summed E-state index contributed by atoms with van der Waals surface area (Å²) in [7, 11) is -3.88. The molecular weight excluding hydrogens is 415 g/mol. The highest BCUT2D eigenvalue weighted by atomic mass is 31.2. The second-order valence-electron chi connectivity index (χ2n) is 11.5. The monoisotopic (exact) mass is 458 g/mol. The Morgan fingerprint density at radius 1 is 0.750 bits per heavy atom. The van der Waals surface area contributed by atoms with Gasteiger partial charge in [-0.25, -0.2) is 0 Å². The number of carbonyl (C=O) groups excluding carboxylic acids is 2. The van der Waals surface area contributed by atoms with Crippen LogP contribution in [0.3, 0.4) is 0 Å². The van der Waals surface area contributed by atoms with Crippen molar-refractivity contribution >= 4 is 23.5 Å². The zero-order valence-corrected chi connectivity index (χ0v) is 21.8. The van der Waals surface area contributed by atoms with Crippen molar-refractivity contribution in [1.82, 2.24) is 0 Å². The fraction of sp³-hybridized carbons (Fsp3) is 0.714. The van der Waals surface area contributed by atoms with Crippen LogP contribution in [0.4, 0.5) is 0 Å². The molecule has 2 aliphatic carbocycles. The van der Waals surface area contributed by atoms with Gasteiger partial charge in [0.15, 0.2) is 0 Å². The fourth-order valence-corrected chi connectivity index (χ4v) is 9.29. The third-order valence-corrected chi connectivity index (χ3v) is 11.3. The van der Waals surface area contributed by atoms with Crippen LogP contribution in [0.1, 0.15) is 80.1 Å². The molecule has 32 heavy (non-hydrogen) atoms. The standard InChI is InChI=1S/C28H43O3P/c1-18(2)23-14-12-20(5)16-25(23)27(29)32(31,22-10-8-7-9-11-22)28(30)26-17-21(6)13-15-24(26)19(3)4/h7-11,18-21,23-26H,12-17H2,1-6H3. The predicted octanol–water partition coefficient (Wildman–Crippen LogP) is 7.15. The van der Waals surface area contributed by atoms with Crippen LogP contribution in [-0.4, -0.2) is 11.0 Å². The molecule has 2 saturated carbocycles. The first-order chi connectivity index (χ1) is 15.1. The molecule has 3 rings (SSSR count). The highest BCUT2D eigenvalue weighted by Crippen LogP contribution is 2.57. The van der Waals surface area contributed by atoms with Crippen LogP contribution >= 0.6 is 7.14 Å². The van der Waals surface area contributed by atoms with Gasteiger partial charge in [0.1, 0.15) is 0 Å². The lowest BCUT2D eigenvalue weighted by Gasteiger charge is -2.40. The summed E-state index contributed by atoms with van der Waals surface area (Å²) in [6.45, 7) is 13.0. The van der Waals surface area contributed by atoms with E-state index in [9.17, 15) is 14.2 Å². The van der Waals surface area contributed by atoms with E-state index in [0.717, 1.165) is 38.5 Å². The summed E-state index contributed by atoms with van der Waals surface area (Å²) in [6, 6.07) is 9.00. The van der Waals surface area contributed by atoms with Gasteiger partial charge in [0, 0.05) is 17.1 Å². The van der Waals surface area contributed by atoms with Gasteiger partial charge in [-0.05, 0) is 61.2 Å². The molecule has 0 saturated heterocycles. The number of hydrogen-bond acceptors (Lipinski definition) is 3. The first-order valence-corrected chi connectivity index (χ1v) is 14.5. The third-order valence-electron chi connectivity index (χ3n) is 8.42. The quantitative estimate of drug-likeness (QED) is 0.408.